The second-order valence-electron chi connectivity index (χ2n) is 4.25. The number of carboxylic acids is 1. The topological polar surface area (TPSA) is 93.8 Å². The quantitative estimate of drug-likeness (QED) is 0.877. The van der Waals surface area contributed by atoms with E-state index in [2.05, 4.69) is 20.5 Å². The summed E-state index contributed by atoms with van der Waals surface area (Å²) in [4.78, 5) is 15.4. The molecule has 0 saturated heterocycles. The molecule has 8 heteroatoms. The van der Waals surface area contributed by atoms with Gasteiger partial charge in [-0.25, -0.2) is 9.67 Å². The zero-order valence-corrected chi connectivity index (χ0v) is 10.9. The maximum absolute atomic E-state index is 11.3. The standard InChI is InChI=1S/C10H13N5O2S/c1-3-10(2,9(16)17)5-15-8(12-13-14-15)7-4-18-6-11-7/h4,6H,3,5H2,1-2H3,(H,16,17). The molecule has 7 nitrogen and oxygen atoms in total. The average Bonchev–Trinajstić information content (AvgIpc) is 2.98. The van der Waals surface area contributed by atoms with Gasteiger partial charge < -0.3 is 5.11 Å². The van der Waals surface area contributed by atoms with Crippen LogP contribution in [-0.2, 0) is 11.3 Å². The summed E-state index contributed by atoms with van der Waals surface area (Å²) in [6, 6.07) is 0. The molecular formula is C10H13N5O2S. The molecule has 1 unspecified atom stereocenters. The number of hydrogen-bond donors (Lipinski definition) is 1. The summed E-state index contributed by atoms with van der Waals surface area (Å²) < 4.78 is 1.49. The minimum Gasteiger partial charge on any atom is -0.481 e. The first-order valence-corrected chi connectivity index (χ1v) is 6.39. The third kappa shape index (κ3) is 2.23. The van der Waals surface area contributed by atoms with Crippen molar-refractivity contribution in [3.63, 3.8) is 0 Å². The minimum atomic E-state index is -0.889. The van der Waals surface area contributed by atoms with Crippen molar-refractivity contribution in [3.05, 3.63) is 10.9 Å². The molecule has 0 bridgehead atoms. The van der Waals surface area contributed by atoms with E-state index in [4.69, 9.17) is 0 Å². The van der Waals surface area contributed by atoms with Crippen LogP contribution in [0.25, 0.3) is 11.5 Å². The molecule has 0 saturated carbocycles. The Labute approximate surface area is 107 Å². The number of carboxylic acid groups (broad SMARTS) is 1. The first-order valence-electron chi connectivity index (χ1n) is 5.45. The van der Waals surface area contributed by atoms with E-state index in [-0.39, 0.29) is 6.54 Å². The van der Waals surface area contributed by atoms with Crippen LogP contribution in [0.2, 0.25) is 0 Å². The molecule has 2 rings (SSSR count). The first kappa shape index (κ1) is 12.6. The lowest BCUT2D eigenvalue weighted by Gasteiger charge is -2.22. The van der Waals surface area contributed by atoms with Crippen LogP contribution >= 0.6 is 11.3 Å². The summed E-state index contributed by atoms with van der Waals surface area (Å²) in [5, 5.41) is 22.4. The summed E-state index contributed by atoms with van der Waals surface area (Å²) >= 11 is 1.44. The van der Waals surface area contributed by atoms with Crippen molar-refractivity contribution >= 4 is 17.3 Å². The van der Waals surface area contributed by atoms with E-state index in [0.29, 0.717) is 17.9 Å². The van der Waals surface area contributed by atoms with Gasteiger partial charge in [0.15, 0.2) is 0 Å². The molecule has 0 aliphatic heterocycles. The molecule has 0 aromatic carbocycles. The Hall–Kier alpha value is -1.83. The molecule has 2 heterocycles. The van der Waals surface area contributed by atoms with Crippen LogP contribution in [0.15, 0.2) is 10.9 Å². The van der Waals surface area contributed by atoms with Crippen molar-refractivity contribution < 1.29 is 9.90 Å². The molecule has 0 spiro atoms. The van der Waals surface area contributed by atoms with Crippen molar-refractivity contribution in [2.45, 2.75) is 26.8 Å². The van der Waals surface area contributed by atoms with E-state index < -0.39 is 11.4 Å². The molecular weight excluding hydrogens is 254 g/mol. The highest BCUT2D eigenvalue weighted by molar-refractivity contribution is 7.07. The number of hydrogen-bond acceptors (Lipinski definition) is 6. The maximum atomic E-state index is 11.3. The van der Waals surface area contributed by atoms with Gasteiger partial charge in [0, 0.05) is 5.38 Å². The highest BCUT2D eigenvalue weighted by atomic mass is 32.1. The fraction of sp³-hybridized carbons (Fsp3) is 0.500. The fourth-order valence-electron chi connectivity index (χ4n) is 1.48. The van der Waals surface area contributed by atoms with Gasteiger partial charge in [0.25, 0.3) is 0 Å². The van der Waals surface area contributed by atoms with Gasteiger partial charge in [0.2, 0.25) is 5.82 Å². The molecule has 0 aliphatic carbocycles. The Morgan fingerprint density at radius 2 is 2.39 bits per heavy atom. The number of tetrazole rings is 1. The third-order valence-electron chi connectivity index (χ3n) is 2.99. The molecule has 1 N–H and O–H groups in total. The van der Waals surface area contributed by atoms with E-state index in [0.717, 1.165) is 0 Å². The lowest BCUT2D eigenvalue weighted by atomic mass is 9.88. The Morgan fingerprint density at radius 1 is 1.61 bits per heavy atom. The normalized spacial score (nSPS) is 14.3. The van der Waals surface area contributed by atoms with Gasteiger partial charge >= 0.3 is 5.97 Å². The zero-order chi connectivity index (χ0) is 13.2. The third-order valence-corrected chi connectivity index (χ3v) is 3.58. The summed E-state index contributed by atoms with van der Waals surface area (Å²) in [5.74, 6) is -0.359. The van der Waals surface area contributed by atoms with Gasteiger partial charge in [-0.15, -0.1) is 16.4 Å². The van der Waals surface area contributed by atoms with E-state index in [1.54, 1.807) is 12.4 Å². The summed E-state index contributed by atoms with van der Waals surface area (Å²) in [6.07, 6.45) is 0.499. The Morgan fingerprint density at radius 3 is 2.94 bits per heavy atom. The number of aromatic nitrogens is 5. The smallest absolute Gasteiger partial charge is 0.311 e. The largest absolute Gasteiger partial charge is 0.481 e. The predicted octanol–water partition coefficient (Wildman–Crippen LogP) is 1.30. The fourth-order valence-corrected chi connectivity index (χ4v) is 2.01. The monoisotopic (exact) mass is 267 g/mol. The van der Waals surface area contributed by atoms with Gasteiger partial charge in [-0.3, -0.25) is 4.79 Å². The van der Waals surface area contributed by atoms with E-state index in [9.17, 15) is 9.90 Å². The van der Waals surface area contributed by atoms with Crippen LogP contribution in [0.4, 0.5) is 0 Å². The van der Waals surface area contributed by atoms with Gasteiger partial charge in [0.1, 0.15) is 5.69 Å². The van der Waals surface area contributed by atoms with Crippen molar-refractivity contribution in [1.29, 1.82) is 0 Å². The first-order chi connectivity index (χ1) is 8.57. The van der Waals surface area contributed by atoms with Crippen LogP contribution in [0, 0.1) is 5.41 Å². The van der Waals surface area contributed by atoms with Crippen LogP contribution < -0.4 is 0 Å². The van der Waals surface area contributed by atoms with Crippen LogP contribution in [0.3, 0.4) is 0 Å². The number of carbonyl (C=O) groups is 1. The predicted molar refractivity (Wildman–Crippen MR) is 65.0 cm³/mol. The zero-order valence-electron chi connectivity index (χ0n) is 10.1. The molecule has 0 amide bonds. The lowest BCUT2D eigenvalue weighted by molar-refractivity contribution is -0.149. The lowest BCUT2D eigenvalue weighted by Crippen LogP contribution is -2.32. The van der Waals surface area contributed by atoms with Crippen molar-refractivity contribution in [1.82, 2.24) is 25.2 Å². The number of aliphatic carboxylic acids is 1. The number of nitrogens with zero attached hydrogens (tertiary/aromatic N) is 5. The van der Waals surface area contributed by atoms with Gasteiger partial charge in [-0.2, -0.15) is 0 Å². The Kier molecular flexibility index (Phi) is 3.37. The van der Waals surface area contributed by atoms with Crippen molar-refractivity contribution in [2.24, 2.45) is 5.41 Å². The second-order valence-corrected chi connectivity index (χ2v) is 4.97. The Balaban J connectivity index is 2.31. The average molecular weight is 267 g/mol. The second kappa shape index (κ2) is 4.81. The van der Waals surface area contributed by atoms with Crippen molar-refractivity contribution in [2.75, 3.05) is 0 Å². The molecule has 96 valence electrons. The molecule has 2 aromatic rings. The van der Waals surface area contributed by atoms with Gasteiger partial charge in [-0.05, 0) is 23.8 Å². The maximum Gasteiger partial charge on any atom is 0.311 e. The molecule has 0 radical (unpaired) electrons. The van der Waals surface area contributed by atoms with E-state index >= 15 is 0 Å². The minimum absolute atomic E-state index is 0.221. The van der Waals surface area contributed by atoms with Crippen molar-refractivity contribution in [3.8, 4) is 11.5 Å². The van der Waals surface area contributed by atoms with Crippen LogP contribution in [0.5, 0.6) is 0 Å². The molecule has 18 heavy (non-hydrogen) atoms. The highest BCUT2D eigenvalue weighted by Crippen LogP contribution is 2.25. The van der Waals surface area contributed by atoms with E-state index in [1.165, 1.54) is 16.0 Å². The van der Waals surface area contributed by atoms with Crippen LogP contribution in [-0.4, -0.2) is 36.3 Å². The van der Waals surface area contributed by atoms with Gasteiger partial charge in [-0.1, -0.05) is 6.92 Å². The summed E-state index contributed by atoms with van der Waals surface area (Å²) in [7, 11) is 0. The molecule has 2 aromatic heterocycles. The molecule has 0 aliphatic rings. The number of rotatable bonds is 5. The van der Waals surface area contributed by atoms with Gasteiger partial charge in [0.05, 0.1) is 17.5 Å². The highest BCUT2D eigenvalue weighted by Gasteiger charge is 2.33. The Bertz CT molecular complexity index is 538. The van der Waals surface area contributed by atoms with E-state index in [1.807, 2.05) is 12.3 Å². The van der Waals surface area contributed by atoms with Crippen LogP contribution in [0.1, 0.15) is 20.3 Å². The SMILES string of the molecule is CCC(C)(Cn1nnnc1-c1cscn1)C(=O)O. The number of thiazole rings is 1. The molecule has 1 atom stereocenters. The summed E-state index contributed by atoms with van der Waals surface area (Å²) in [5.41, 5.74) is 1.46. The summed E-state index contributed by atoms with van der Waals surface area (Å²) in [6.45, 7) is 3.74. The molecule has 0 fully saturated rings.